The summed E-state index contributed by atoms with van der Waals surface area (Å²) in [6.45, 7) is 3.03. The topological polar surface area (TPSA) is 58.4 Å². The van der Waals surface area contributed by atoms with Gasteiger partial charge in [0.05, 0.1) is 18.4 Å². The van der Waals surface area contributed by atoms with Crippen molar-refractivity contribution in [1.29, 1.82) is 0 Å². The summed E-state index contributed by atoms with van der Waals surface area (Å²) in [6.07, 6.45) is 4.11. The lowest BCUT2D eigenvalue weighted by Gasteiger charge is -2.19. The molecule has 5 heteroatoms. The molecule has 1 aromatic heterocycles. The summed E-state index contributed by atoms with van der Waals surface area (Å²) in [6, 6.07) is 0. The Balaban J connectivity index is 2.71. The summed E-state index contributed by atoms with van der Waals surface area (Å²) in [5, 5.41) is 12.8. The van der Waals surface area contributed by atoms with Crippen molar-refractivity contribution in [3.8, 4) is 0 Å². The first-order valence-electron chi connectivity index (χ1n) is 5.07. The summed E-state index contributed by atoms with van der Waals surface area (Å²) >= 11 is 0. The van der Waals surface area contributed by atoms with Crippen LogP contribution < -0.4 is 0 Å². The SMILES string of the molecule is CCCN(CCO)C(=O)c1cnn(C)c1. The van der Waals surface area contributed by atoms with Crippen LogP contribution in [0.4, 0.5) is 0 Å². The smallest absolute Gasteiger partial charge is 0.257 e. The first-order valence-corrected chi connectivity index (χ1v) is 5.07. The fourth-order valence-corrected chi connectivity index (χ4v) is 1.42. The minimum Gasteiger partial charge on any atom is -0.395 e. The largest absolute Gasteiger partial charge is 0.395 e. The van der Waals surface area contributed by atoms with Crippen LogP contribution in [0, 0.1) is 0 Å². The number of aliphatic hydroxyl groups excluding tert-OH is 1. The number of nitrogens with zero attached hydrogens (tertiary/aromatic N) is 3. The Morgan fingerprint density at radius 3 is 2.80 bits per heavy atom. The van der Waals surface area contributed by atoms with Crippen molar-refractivity contribution in [2.75, 3.05) is 19.7 Å². The Morgan fingerprint density at radius 2 is 2.33 bits per heavy atom. The number of hydrogen-bond acceptors (Lipinski definition) is 3. The van der Waals surface area contributed by atoms with Crippen LogP contribution in [0.1, 0.15) is 23.7 Å². The fraction of sp³-hybridized carbons (Fsp3) is 0.600. The monoisotopic (exact) mass is 211 g/mol. The molecule has 5 nitrogen and oxygen atoms in total. The molecule has 0 bridgehead atoms. The second-order valence-electron chi connectivity index (χ2n) is 3.42. The van der Waals surface area contributed by atoms with Gasteiger partial charge in [-0.2, -0.15) is 5.10 Å². The predicted octanol–water partition coefficient (Wildman–Crippen LogP) is 0.265. The van der Waals surface area contributed by atoms with E-state index >= 15 is 0 Å². The zero-order chi connectivity index (χ0) is 11.3. The lowest BCUT2D eigenvalue weighted by Crippen LogP contribution is -2.34. The number of aliphatic hydroxyl groups is 1. The van der Waals surface area contributed by atoms with Crippen molar-refractivity contribution >= 4 is 5.91 Å². The Hall–Kier alpha value is -1.36. The molecular formula is C10H17N3O2. The van der Waals surface area contributed by atoms with E-state index in [2.05, 4.69) is 5.10 Å². The van der Waals surface area contributed by atoms with Crippen molar-refractivity contribution in [3.63, 3.8) is 0 Å². The van der Waals surface area contributed by atoms with Gasteiger partial charge >= 0.3 is 0 Å². The zero-order valence-electron chi connectivity index (χ0n) is 9.18. The molecule has 0 aliphatic rings. The summed E-state index contributed by atoms with van der Waals surface area (Å²) in [7, 11) is 1.77. The van der Waals surface area contributed by atoms with Crippen LogP contribution >= 0.6 is 0 Å². The number of aryl methyl sites for hydroxylation is 1. The number of amides is 1. The van der Waals surface area contributed by atoms with E-state index in [1.807, 2.05) is 6.92 Å². The van der Waals surface area contributed by atoms with E-state index in [-0.39, 0.29) is 12.5 Å². The number of carbonyl (C=O) groups excluding carboxylic acids is 1. The van der Waals surface area contributed by atoms with Crippen LogP contribution in [-0.4, -0.2) is 45.4 Å². The van der Waals surface area contributed by atoms with E-state index in [1.165, 1.54) is 0 Å². The molecular weight excluding hydrogens is 194 g/mol. The molecule has 0 aromatic carbocycles. The normalized spacial score (nSPS) is 10.3. The highest BCUT2D eigenvalue weighted by Crippen LogP contribution is 2.03. The molecule has 0 saturated carbocycles. The molecule has 1 amide bonds. The second-order valence-corrected chi connectivity index (χ2v) is 3.42. The second kappa shape index (κ2) is 5.50. The zero-order valence-corrected chi connectivity index (χ0v) is 9.18. The summed E-state index contributed by atoms with van der Waals surface area (Å²) < 4.78 is 1.59. The van der Waals surface area contributed by atoms with Gasteiger partial charge in [0.1, 0.15) is 0 Å². The minimum absolute atomic E-state index is 0.00793. The van der Waals surface area contributed by atoms with Gasteiger partial charge in [0.15, 0.2) is 0 Å². The van der Waals surface area contributed by atoms with Gasteiger partial charge in [-0.25, -0.2) is 0 Å². The Bertz CT molecular complexity index is 316. The molecule has 1 heterocycles. The van der Waals surface area contributed by atoms with Gasteiger partial charge in [0, 0.05) is 26.3 Å². The molecule has 1 N–H and O–H groups in total. The average Bonchev–Trinajstić information content (AvgIpc) is 2.63. The Kier molecular flexibility index (Phi) is 4.30. The molecule has 84 valence electrons. The standard InChI is InChI=1S/C10H17N3O2/c1-3-4-13(5-6-14)10(15)9-7-11-12(2)8-9/h7-8,14H,3-6H2,1-2H3. The first kappa shape index (κ1) is 11.7. The molecule has 0 atom stereocenters. The fourth-order valence-electron chi connectivity index (χ4n) is 1.42. The highest BCUT2D eigenvalue weighted by Gasteiger charge is 2.15. The van der Waals surface area contributed by atoms with E-state index < -0.39 is 0 Å². The summed E-state index contributed by atoms with van der Waals surface area (Å²) in [4.78, 5) is 13.5. The number of carbonyl (C=O) groups is 1. The molecule has 0 fully saturated rings. The van der Waals surface area contributed by atoms with Crippen LogP contribution in [0.5, 0.6) is 0 Å². The molecule has 1 rings (SSSR count). The maximum atomic E-state index is 11.9. The molecule has 0 spiro atoms. The van der Waals surface area contributed by atoms with Crippen LogP contribution in [0.3, 0.4) is 0 Å². The van der Waals surface area contributed by atoms with E-state index in [0.29, 0.717) is 18.7 Å². The lowest BCUT2D eigenvalue weighted by molar-refractivity contribution is 0.0722. The summed E-state index contributed by atoms with van der Waals surface area (Å²) in [5.74, 6) is -0.0704. The summed E-state index contributed by atoms with van der Waals surface area (Å²) in [5.41, 5.74) is 0.569. The van der Waals surface area contributed by atoms with Gasteiger partial charge in [0.25, 0.3) is 5.91 Å². The van der Waals surface area contributed by atoms with E-state index in [1.54, 1.807) is 29.0 Å². The van der Waals surface area contributed by atoms with Crippen molar-refractivity contribution in [1.82, 2.24) is 14.7 Å². The Morgan fingerprint density at radius 1 is 1.60 bits per heavy atom. The van der Waals surface area contributed by atoms with Gasteiger partial charge in [-0.3, -0.25) is 9.48 Å². The third-order valence-electron chi connectivity index (χ3n) is 2.10. The van der Waals surface area contributed by atoms with Crippen molar-refractivity contribution in [2.24, 2.45) is 7.05 Å². The van der Waals surface area contributed by atoms with E-state index in [0.717, 1.165) is 6.42 Å². The number of aromatic nitrogens is 2. The Labute approximate surface area is 89.3 Å². The van der Waals surface area contributed by atoms with Gasteiger partial charge in [-0.05, 0) is 6.42 Å². The van der Waals surface area contributed by atoms with Crippen molar-refractivity contribution in [3.05, 3.63) is 18.0 Å². The van der Waals surface area contributed by atoms with Crippen LogP contribution in [-0.2, 0) is 7.05 Å². The average molecular weight is 211 g/mol. The molecule has 0 aliphatic heterocycles. The van der Waals surface area contributed by atoms with Crippen molar-refractivity contribution < 1.29 is 9.90 Å². The third kappa shape index (κ3) is 3.06. The van der Waals surface area contributed by atoms with Crippen LogP contribution in [0.2, 0.25) is 0 Å². The van der Waals surface area contributed by atoms with Crippen LogP contribution in [0.25, 0.3) is 0 Å². The third-order valence-corrected chi connectivity index (χ3v) is 2.10. The first-order chi connectivity index (χ1) is 7.19. The molecule has 15 heavy (non-hydrogen) atoms. The van der Waals surface area contributed by atoms with E-state index in [4.69, 9.17) is 5.11 Å². The molecule has 0 radical (unpaired) electrons. The van der Waals surface area contributed by atoms with Gasteiger partial charge in [0.2, 0.25) is 0 Å². The van der Waals surface area contributed by atoms with E-state index in [9.17, 15) is 4.79 Å². The van der Waals surface area contributed by atoms with Gasteiger partial charge < -0.3 is 10.0 Å². The molecule has 0 unspecified atom stereocenters. The maximum absolute atomic E-state index is 11.9. The lowest BCUT2D eigenvalue weighted by atomic mass is 10.3. The predicted molar refractivity (Wildman–Crippen MR) is 56.5 cm³/mol. The van der Waals surface area contributed by atoms with Gasteiger partial charge in [-0.15, -0.1) is 0 Å². The highest BCUT2D eigenvalue weighted by molar-refractivity contribution is 5.93. The quantitative estimate of drug-likeness (QED) is 0.760. The maximum Gasteiger partial charge on any atom is 0.257 e. The molecule has 0 aliphatic carbocycles. The number of rotatable bonds is 5. The highest BCUT2D eigenvalue weighted by atomic mass is 16.3. The van der Waals surface area contributed by atoms with Crippen molar-refractivity contribution in [2.45, 2.75) is 13.3 Å². The van der Waals surface area contributed by atoms with Crippen LogP contribution in [0.15, 0.2) is 12.4 Å². The number of hydrogen-bond donors (Lipinski definition) is 1. The molecule has 0 saturated heterocycles. The molecule has 1 aromatic rings. The van der Waals surface area contributed by atoms with Gasteiger partial charge in [-0.1, -0.05) is 6.92 Å². The minimum atomic E-state index is -0.0704.